The van der Waals surface area contributed by atoms with Crippen molar-refractivity contribution >= 4 is 29.9 Å². The summed E-state index contributed by atoms with van der Waals surface area (Å²) in [6.45, 7) is 8.77. The van der Waals surface area contributed by atoms with Crippen LogP contribution in [0.1, 0.15) is 41.4 Å². The van der Waals surface area contributed by atoms with Crippen LogP contribution in [-0.2, 0) is 13.6 Å². The van der Waals surface area contributed by atoms with Crippen molar-refractivity contribution in [2.24, 2.45) is 12.0 Å². The number of aromatic nitrogens is 2. The summed E-state index contributed by atoms with van der Waals surface area (Å²) >= 11 is 0. The molecule has 7 heteroatoms. The molecule has 0 radical (unpaired) electrons. The third-order valence-electron chi connectivity index (χ3n) is 3.86. The van der Waals surface area contributed by atoms with Gasteiger partial charge in [0.2, 0.25) is 0 Å². The number of nitrogens with one attached hydrogen (secondary N) is 2. The first-order valence-corrected chi connectivity index (χ1v) is 7.45. The molecule has 2 aromatic rings. The minimum absolute atomic E-state index is 0. The molecule has 128 valence electrons. The van der Waals surface area contributed by atoms with Crippen molar-refractivity contribution in [2.75, 3.05) is 7.05 Å². The Labute approximate surface area is 154 Å². The number of halogens is 1. The number of hydrogen-bond donors (Lipinski definition) is 2. The van der Waals surface area contributed by atoms with Crippen LogP contribution >= 0.6 is 24.0 Å². The maximum absolute atomic E-state index is 5.64. The Morgan fingerprint density at radius 2 is 2.04 bits per heavy atom. The number of aliphatic imine (C=N–C) groups is 1. The summed E-state index contributed by atoms with van der Waals surface area (Å²) in [6.07, 6.45) is 0. The van der Waals surface area contributed by atoms with Gasteiger partial charge in [-0.1, -0.05) is 0 Å². The van der Waals surface area contributed by atoms with Gasteiger partial charge in [0.25, 0.3) is 0 Å². The number of guanidine groups is 1. The maximum atomic E-state index is 5.64. The molecule has 0 saturated carbocycles. The van der Waals surface area contributed by atoms with E-state index in [2.05, 4.69) is 27.6 Å². The van der Waals surface area contributed by atoms with E-state index in [1.165, 1.54) is 5.56 Å². The molecular weight excluding hydrogens is 405 g/mol. The monoisotopic (exact) mass is 431 g/mol. The first-order chi connectivity index (χ1) is 10.4. The summed E-state index contributed by atoms with van der Waals surface area (Å²) in [6, 6.07) is 4.00. The van der Waals surface area contributed by atoms with Gasteiger partial charge in [-0.25, -0.2) is 0 Å². The highest BCUT2D eigenvalue weighted by molar-refractivity contribution is 14.0. The lowest BCUT2D eigenvalue weighted by molar-refractivity contribution is 0.441. The predicted molar refractivity (Wildman–Crippen MR) is 103 cm³/mol. The molecule has 0 spiro atoms. The Balaban J connectivity index is 0.00000264. The molecule has 1 unspecified atom stereocenters. The fraction of sp³-hybridized carbons (Fsp3) is 0.500. The third kappa shape index (κ3) is 4.73. The van der Waals surface area contributed by atoms with Gasteiger partial charge in [0.05, 0.1) is 11.7 Å². The molecule has 2 aromatic heterocycles. The van der Waals surface area contributed by atoms with Crippen LogP contribution in [0.4, 0.5) is 0 Å². The van der Waals surface area contributed by atoms with Crippen LogP contribution in [0.3, 0.4) is 0 Å². The number of rotatable bonds is 4. The van der Waals surface area contributed by atoms with E-state index in [9.17, 15) is 0 Å². The van der Waals surface area contributed by atoms with E-state index in [1.54, 1.807) is 7.05 Å². The molecule has 23 heavy (non-hydrogen) atoms. The largest absolute Gasteiger partial charge is 0.464 e. The minimum atomic E-state index is 0. The molecule has 2 heterocycles. The van der Waals surface area contributed by atoms with Crippen molar-refractivity contribution < 1.29 is 4.42 Å². The summed E-state index contributed by atoms with van der Waals surface area (Å²) in [7, 11) is 3.72. The fourth-order valence-electron chi connectivity index (χ4n) is 2.40. The van der Waals surface area contributed by atoms with Crippen LogP contribution in [0.2, 0.25) is 0 Å². The Bertz CT molecular complexity index is 674. The molecule has 0 bridgehead atoms. The second-order valence-corrected chi connectivity index (χ2v) is 5.51. The fourth-order valence-corrected chi connectivity index (χ4v) is 2.40. The van der Waals surface area contributed by atoms with Crippen molar-refractivity contribution in [3.8, 4) is 0 Å². The molecule has 0 aromatic carbocycles. The Hall–Kier alpha value is -1.51. The van der Waals surface area contributed by atoms with Crippen molar-refractivity contribution in [2.45, 2.75) is 40.3 Å². The van der Waals surface area contributed by atoms with E-state index < -0.39 is 0 Å². The van der Waals surface area contributed by atoms with Gasteiger partial charge in [0, 0.05) is 31.9 Å². The molecule has 2 N–H and O–H groups in total. The quantitative estimate of drug-likeness (QED) is 0.444. The topological polar surface area (TPSA) is 67.4 Å². The highest BCUT2D eigenvalue weighted by Gasteiger charge is 2.13. The molecule has 0 aliphatic heterocycles. The number of furan rings is 1. The lowest BCUT2D eigenvalue weighted by Crippen LogP contribution is -2.38. The second-order valence-electron chi connectivity index (χ2n) is 5.51. The van der Waals surface area contributed by atoms with Crippen LogP contribution in [-0.4, -0.2) is 22.8 Å². The van der Waals surface area contributed by atoms with Gasteiger partial charge in [0.1, 0.15) is 11.5 Å². The molecule has 0 saturated heterocycles. The first kappa shape index (κ1) is 19.5. The standard InChI is InChI=1S/C16H25N5O.HI/c1-10-7-8-15(22-10)12(3)19-16(17-5)18-9-14-11(2)20-21(6)13(14)4;/h7-8,12H,9H2,1-6H3,(H2,17,18,19);1H. The van der Waals surface area contributed by atoms with E-state index in [4.69, 9.17) is 4.42 Å². The van der Waals surface area contributed by atoms with E-state index in [1.807, 2.05) is 44.6 Å². The van der Waals surface area contributed by atoms with Crippen molar-refractivity contribution in [1.29, 1.82) is 0 Å². The Morgan fingerprint density at radius 3 is 2.52 bits per heavy atom. The normalized spacial score (nSPS) is 12.7. The smallest absolute Gasteiger partial charge is 0.191 e. The SMILES string of the molecule is CN=C(NCc1c(C)nn(C)c1C)NC(C)c1ccc(C)o1.I. The number of aryl methyl sites for hydroxylation is 3. The summed E-state index contributed by atoms with van der Waals surface area (Å²) in [5.74, 6) is 2.55. The highest BCUT2D eigenvalue weighted by atomic mass is 127. The van der Waals surface area contributed by atoms with Crippen LogP contribution in [0.25, 0.3) is 0 Å². The van der Waals surface area contributed by atoms with Crippen molar-refractivity contribution in [3.05, 3.63) is 40.6 Å². The zero-order valence-corrected chi connectivity index (χ0v) is 16.9. The van der Waals surface area contributed by atoms with Gasteiger partial charge in [-0.2, -0.15) is 5.10 Å². The van der Waals surface area contributed by atoms with Crippen molar-refractivity contribution in [3.63, 3.8) is 0 Å². The van der Waals surface area contributed by atoms with Gasteiger partial charge < -0.3 is 15.1 Å². The summed E-state index contributed by atoms with van der Waals surface area (Å²) in [5, 5.41) is 11.1. The first-order valence-electron chi connectivity index (χ1n) is 7.45. The molecule has 0 fully saturated rings. The van der Waals surface area contributed by atoms with Gasteiger partial charge in [0.15, 0.2) is 5.96 Å². The summed E-state index contributed by atoms with van der Waals surface area (Å²) in [5.41, 5.74) is 3.40. The van der Waals surface area contributed by atoms with Crippen LogP contribution < -0.4 is 10.6 Å². The summed E-state index contributed by atoms with van der Waals surface area (Å²) in [4.78, 5) is 4.27. The molecule has 1 atom stereocenters. The zero-order chi connectivity index (χ0) is 16.3. The number of hydrogen-bond acceptors (Lipinski definition) is 3. The molecule has 0 aliphatic carbocycles. The predicted octanol–water partition coefficient (Wildman–Crippen LogP) is 2.98. The number of nitrogens with zero attached hydrogens (tertiary/aromatic N) is 3. The van der Waals surface area contributed by atoms with Gasteiger partial charge in [-0.3, -0.25) is 9.67 Å². The lowest BCUT2D eigenvalue weighted by Gasteiger charge is -2.16. The van der Waals surface area contributed by atoms with Gasteiger partial charge in [-0.15, -0.1) is 24.0 Å². The van der Waals surface area contributed by atoms with Gasteiger partial charge in [-0.05, 0) is 39.8 Å². The van der Waals surface area contributed by atoms with Crippen molar-refractivity contribution in [1.82, 2.24) is 20.4 Å². The minimum Gasteiger partial charge on any atom is -0.464 e. The third-order valence-corrected chi connectivity index (χ3v) is 3.86. The Kier molecular flexibility index (Phi) is 7.11. The van der Waals surface area contributed by atoms with Crippen LogP contribution in [0.15, 0.2) is 21.5 Å². The Morgan fingerprint density at radius 1 is 1.35 bits per heavy atom. The molecule has 0 amide bonds. The van der Waals surface area contributed by atoms with Crippen LogP contribution in [0.5, 0.6) is 0 Å². The van der Waals surface area contributed by atoms with Gasteiger partial charge >= 0.3 is 0 Å². The lowest BCUT2D eigenvalue weighted by atomic mass is 10.2. The highest BCUT2D eigenvalue weighted by Crippen LogP contribution is 2.15. The van der Waals surface area contributed by atoms with Crippen LogP contribution in [0, 0.1) is 20.8 Å². The molecule has 2 rings (SSSR count). The molecular formula is C16H26IN5O. The molecule has 0 aliphatic rings. The molecule has 6 nitrogen and oxygen atoms in total. The van der Waals surface area contributed by atoms with E-state index >= 15 is 0 Å². The average Bonchev–Trinajstić information content (AvgIpc) is 3.01. The zero-order valence-electron chi connectivity index (χ0n) is 14.6. The average molecular weight is 431 g/mol. The second kappa shape index (κ2) is 8.37. The summed E-state index contributed by atoms with van der Waals surface area (Å²) < 4.78 is 7.54. The maximum Gasteiger partial charge on any atom is 0.191 e. The van der Waals surface area contributed by atoms with E-state index in [0.29, 0.717) is 6.54 Å². The van der Waals surface area contributed by atoms with E-state index in [0.717, 1.165) is 28.9 Å². The van der Waals surface area contributed by atoms with E-state index in [-0.39, 0.29) is 30.0 Å².